The van der Waals surface area contributed by atoms with E-state index in [1.54, 1.807) is 19.4 Å². The Morgan fingerprint density at radius 3 is 3.00 bits per heavy atom. The SMILES string of the molecule is CCC(COC)Nc1nccc(C#N)c1N. The predicted octanol–water partition coefficient (Wildman–Crippen LogP) is 1.37. The van der Waals surface area contributed by atoms with Crippen LogP contribution in [0.25, 0.3) is 0 Å². The van der Waals surface area contributed by atoms with Crippen LogP contribution in [-0.4, -0.2) is 24.7 Å². The maximum Gasteiger partial charge on any atom is 0.150 e. The van der Waals surface area contributed by atoms with Gasteiger partial charge in [0.05, 0.1) is 23.9 Å². The lowest BCUT2D eigenvalue weighted by molar-refractivity contribution is 0.184. The molecule has 0 saturated heterocycles. The number of nitriles is 1. The minimum Gasteiger partial charge on any atom is -0.395 e. The van der Waals surface area contributed by atoms with E-state index in [2.05, 4.69) is 10.3 Å². The molecular weight excluding hydrogens is 204 g/mol. The number of nitrogens with two attached hydrogens (primary N) is 1. The third kappa shape index (κ3) is 2.84. The molecule has 1 heterocycles. The van der Waals surface area contributed by atoms with Gasteiger partial charge in [0.2, 0.25) is 0 Å². The van der Waals surface area contributed by atoms with E-state index in [9.17, 15) is 0 Å². The van der Waals surface area contributed by atoms with E-state index in [1.165, 1.54) is 0 Å². The molecule has 1 rings (SSSR count). The quantitative estimate of drug-likeness (QED) is 0.783. The van der Waals surface area contributed by atoms with Crippen LogP contribution in [-0.2, 0) is 4.74 Å². The van der Waals surface area contributed by atoms with Crippen LogP contribution in [0.1, 0.15) is 18.9 Å². The van der Waals surface area contributed by atoms with Gasteiger partial charge in [-0.2, -0.15) is 5.26 Å². The average molecular weight is 220 g/mol. The van der Waals surface area contributed by atoms with Crippen molar-refractivity contribution in [3.05, 3.63) is 17.8 Å². The lowest BCUT2D eigenvalue weighted by Gasteiger charge is -2.17. The second-order valence-corrected chi connectivity index (χ2v) is 3.44. The molecule has 3 N–H and O–H groups in total. The van der Waals surface area contributed by atoms with Gasteiger partial charge in [0, 0.05) is 13.3 Å². The van der Waals surface area contributed by atoms with E-state index < -0.39 is 0 Å². The first kappa shape index (κ1) is 12.3. The van der Waals surface area contributed by atoms with E-state index in [-0.39, 0.29) is 6.04 Å². The van der Waals surface area contributed by atoms with Crippen LogP contribution in [0, 0.1) is 11.3 Å². The molecule has 0 fully saturated rings. The van der Waals surface area contributed by atoms with Gasteiger partial charge in [-0.05, 0) is 12.5 Å². The Labute approximate surface area is 95.2 Å². The van der Waals surface area contributed by atoms with Crippen molar-refractivity contribution in [1.82, 2.24) is 4.98 Å². The molecule has 86 valence electrons. The van der Waals surface area contributed by atoms with E-state index in [0.29, 0.717) is 23.7 Å². The molecule has 1 atom stereocenters. The first-order valence-electron chi connectivity index (χ1n) is 5.13. The Kier molecular flexibility index (Phi) is 4.55. The molecule has 0 bridgehead atoms. The fourth-order valence-electron chi connectivity index (χ4n) is 1.34. The number of nitrogens with zero attached hydrogens (tertiary/aromatic N) is 2. The van der Waals surface area contributed by atoms with E-state index in [4.69, 9.17) is 15.7 Å². The van der Waals surface area contributed by atoms with Crippen molar-refractivity contribution < 1.29 is 4.74 Å². The van der Waals surface area contributed by atoms with Gasteiger partial charge < -0.3 is 15.8 Å². The van der Waals surface area contributed by atoms with Gasteiger partial charge in [-0.1, -0.05) is 6.92 Å². The molecule has 0 saturated carbocycles. The van der Waals surface area contributed by atoms with Crippen LogP contribution in [0.4, 0.5) is 11.5 Å². The molecule has 16 heavy (non-hydrogen) atoms. The zero-order valence-corrected chi connectivity index (χ0v) is 9.53. The fraction of sp³-hybridized carbons (Fsp3) is 0.455. The van der Waals surface area contributed by atoms with Crippen LogP contribution in [0.3, 0.4) is 0 Å². The van der Waals surface area contributed by atoms with Crippen molar-refractivity contribution >= 4 is 11.5 Å². The molecule has 1 aromatic heterocycles. The monoisotopic (exact) mass is 220 g/mol. The third-order valence-electron chi connectivity index (χ3n) is 2.31. The predicted molar refractivity (Wildman–Crippen MR) is 62.9 cm³/mol. The highest BCUT2D eigenvalue weighted by Gasteiger charge is 2.10. The molecule has 0 spiro atoms. The molecule has 0 radical (unpaired) electrons. The summed E-state index contributed by atoms with van der Waals surface area (Å²) < 4.78 is 5.07. The minimum atomic E-state index is 0.147. The fourth-order valence-corrected chi connectivity index (χ4v) is 1.34. The smallest absolute Gasteiger partial charge is 0.150 e. The molecule has 1 aromatic rings. The molecule has 0 aliphatic carbocycles. The summed E-state index contributed by atoms with van der Waals surface area (Å²) in [5.74, 6) is 0.544. The van der Waals surface area contributed by atoms with E-state index >= 15 is 0 Å². The Balaban J connectivity index is 2.84. The summed E-state index contributed by atoms with van der Waals surface area (Å²) in [6, 6.07) is 3.76. The van der Waals surface area contributed by atoms with Gasteiger partial charge in [-0.25, -0.2) is 4.98 Å². The summed E-state index contributed by atoms with van der Waals surface area (Å²) in [6.45, 7) is 2.62. The molecule has 5 nitrogen and oxygen atoms in total. The summed E-state index contributed by atoms with van der Waals surface area (Å²) >= 11 is 0. The van der Waals surface area contributed by atoms with Crippen molar-refractivity contribution in [2.75, 3.05) is 24.8 Å². The number of nitrogens with one attached hydrogen (secondary N) is 1. The largest absolute Gasteiger partial charge is 0.395 e. The summed E-state index contributed by atoms with van der Waals surface area (Å²) in [6.07, 6.45) is 2.46. The number of nitrogen functional groups attached to an aromatic ring is 1. The highest BCUT2D eigenvalue weighted by molar-refractivity contribution is 5.69. The number of methoxy groups -OCH3 is 1. The highest BCUT2D eigenvalue weighted by atomic mass is 16.5. The number of hydrogen-bond donors (Lipinski definition) is 2. The number of aromatic nitrogens is 1. The highest BCUT2D eigenvalue weighted by Crippen LogP contribution is 2.20. The summed E-state index contributed by atoms with van der Waals surface area (Å²) in [4.78, 5) is 4.11. The van der Waals surface area contributed by atoms with Crippen molar-refractivity contribution in [3.63, 3.8) is 0 Å². The molecule has 0 aliphatic rings. The van der Waals surface area contributed by atoms with E-state index in [0.717, 1.165) is 6.42 Å². The first-order chi connectivity index (χ1) is 7.72. The van der Waals surface area contributed by atoms with E-state index in [1.807, 2.05) is 13.0 Å². The summed E-state index contributed by atoms with van der Waals surface area (Å²) in [7, 11) is 1.65. The number of pyridine rings is 1. The Morgan fingerprint density at radius 2 is 2.44 bits per heavy atom. The topological polar surface area (TPSA) is 84.0 Å². The maximum atomic E-state index is 8.83. The second kappa shape index (κ2) is 5.93. The number of hydrogen-bond acceptors (Lipinski definition) is 5. The molecule has 0 aliphatic heterocycles. The molecular formula is C11H16N4O. The number of anilines is 2. The maximum absolute atomic E-state index is 8.83. The first-order valence-corrected chi connectivity index (χ1v) is 5.13. The zero-order chi connectivity index (χ0) is 12.0. The normalized spacial score (nSPS) is 11.8. The van der Waals surface area contributed by atoms with Gasteiger partial charge >= 0.3 is 0 Å². The minimum absolute atomic E-state index is 0.147. The molecule has 0 aromatic carbocycles. The van der Waals surface area contributed by atoms with Gasteiger partial charge in [0.1, 0.15) is 6.07 Å². The molecule has 1 unspecified atom stereocenters. The summed E-state index contributed by atoms with van der Waals surface area (Å²) in [5, 5.41) is 12.0. The standard InChI is InChI=1S/C11H16N4O/c1-3-9(7-16-2)15-11-10(13)8(6-12)4-5-14-11/h4-5,9H,3,7,13H2,1-2H3,(H,14,15). The third-order valence-corrected chi connectivity index (χ3v) is 2.31. The molecule has 5 heteroatoms. The van der Waals surface area contributed by atoms with Crippen molar-refractivity contribution in [3.8, 4) is 6.07 Å². The Hall–Kier alpha value is -1.80. The van der Waals surface area contributed by atoms with Crippen molar-refractivity contribution in [2.24, 2.45) is 0 Å². The Morgan fingerprint density at radius 1 is 1.69 bits per heavy atom. The lowest BCUT2D eigenvalue weighted by atomic mass is 10.2. The Bertz CT molecular complexity index is 386. The van der Waals surface area contributed by atoms with Crippen LogP contribution in [0.15, 0.2) is 12.3 Å². The van der Waals surface area contributed by atoms with Gasteiger partial charge in [-0.3, -0.25) is 0 Å². The van der Waals surface area contributed by atoms with Crippen molar-refractivity contribution in [1.29, 1.82) is 5.26 Å². The second-order valence-electron chi connectivity index (χ2n) is 3.44. The number of rotatable bonds is 5. The van der Waals surface area contributed by atoms with Gasteiger partial charge in [-0.15, -0.1) is 0 Å². The number of ether oxygens (including phenoxy) is 1. The van der Waals surface area contributed by atoms with Gasteiger partial charge in [0.15, 0.2) is 5.82 Å². The molecule has 0 amide bonds. The van der Waals surface area contributed by atoms with Gasteiger partial charge in [0.25, 0.3) is 0 Å². The zero-order valence-electron chi connectivity index (χ0n) is 9.53. The van der Waals surface area contributed by atoms with Crippen LogP contribution >= 0.6 is 0 Å². The van der Waals surface area contributed by atoms with Crippen LogP contribution < -0.4 is 11.1 Å². The van der Waals surface area contributed by atoms with Crippen LogP contribution in [0.2, 0.25) is 0 Å². The summed E-state index contributed by atoms with van der Waals surface area (Å²) in [5.41, 5.74) is 6.63. The lowest BCUT2D eigenvalue weighted by Crippen LogP contribution is -2.25. The van der Waals surface area contributed by atoms with Crippen molar-refractivity contribution in [2.45, 2.75) is 19.4 Å². The van der Waals surface area contributed by atoms with Crippen LogP contribution in [0.5, 0.6) is 0 Å². The average Bonchev–Trinajstić information content (AvgIpc) is 2.31.